The highest BCUT2D eigenvalue weighted by Crippen LogP contribution is 2.37. The van der Waals surface area contributed by atoms with Crippen molar-refractivity contribution in [3.63, 3.8) is 0 Å². The number of rotatable bonds is 4. The number of hydrogen-bond donors (Lipinski definition) is 0. The summed E-state index contributed by atoms with van der Waals surface area (Å²) in [6.45, 7) is 0.812. The molecule has 1 aliphatic heterocycles. The van der Waals surface area contributed by atoms with Crippen molar-refractivity contribution in [2.75, 3.05) is 6.54 Å². The zero-order chi connectivity index (χ0) is 19.9. The molecule has 9 heteroatoms. The molecule has 1 atom stereocenters. The van der Waals surface area contributed by atoms with Gasteiger partial charge in [0.1, 0.15) is 0 Å². The number of nitrogens with zero attached hydrogens (tertiary/aromatic N) is 3. The fraction of sp³-hybridized carbons (Fsp3) is 0.158. The minimum atomic E-state index is -3.87. The lowest BCUT2D eigenvalue weighted by Gasteiger charge is -2.36. The lowest BCUT2D eigenvalue weighted by molar-refractivity contribution is -0.384. The van der Waals surface area contributed by atoms with Gasteiger partial charge in [-0.25, -0.2) is 8.42 Å². The number of sulfonamides is 1. The van der Waals surface area contributed by atoms with Crippen molar-refractivity contribution < 1.29 is 13.3 Å². The first-order valence-electron chi connectivity index (χ1n) is 8.55. The van der Waals surface area contributed by atoms with Crippen LogP contribution in [0, 0.1) is 10.1 Å². The Morgan fingerprint density at radius 3 is 2.32 bits per heavy atom. The Bertz CT molecular complexity index is 1120. The van der Waals surface area contributed by atoms with Crippen LogP contribution < -0.4 is 0 Å². The van der Waals surface area contributed by atoms with Gasteiger partial charge in [-0.2, -0.15) is 4.31 Å². The van der Waals surface area contributed by atoms with Gasteiger partial charge in [-0.05, 0) is 42.0 Å². The second-order valence-corrected chi connectivity index (χ2v) is 8.77. The predicted octanol–water partition coefficient (Wildman–Crippen LogP) is 3.84. The SMILES string of the molecule is O=[N+]([O-])c1ccc(S(=O)(=O)N2CCn3cccc3C2c2ccc(Cl)cc2)cc1. The zero-order valence-corrected chi connectivity index (χ0v) is 16.2. The number of non-ortho nitro benzene ring substituents is 1. The fourth-order valence-electron chi connectivity index (χ4n) is 3.48. The molecular formula is C19H16ClN3O4S. The van der Waals surface area contributed by atoms with Gasteiger partial charge in [-0.1, -0.05) is 23.7 Å². The van der Waals surface area contributed by atoms with Crippen LogP contribution in [-0.4, -0.2) is 28.8 Å². The lowest BCUT2D eigenvalue weighted by Crippen LogP contribution is -2.42. The molecule has 1 aromatic heterocycles. The molecule has 0 radical (unpaired) electrons. The van der Waals surface area contributed by atoms with Crippen LogP contribution in [0.2, 0.25) is 5.02 Å². The Morgan fingerprint density at radius 2 is 1.68 bits per heavy atom. The minimum Gasteiger partial charge on any atom is -0.348 e. The number of nitro benzene ring substituents is 1. The van der Waals surface area contributed by atoms with E-state index in [1.165, 1.54) is 28.6 Å². The summed E-state index contributed by atoms with van der Waals surface area (Å²) < 4.78 is 30.2. The highest BCUT2D eigenvalue weighted by Gasteiger charge is 2.37. The van der Waals surface area contributed by atoms with Crippen LogP contribution in [0.1, 0.15) is 17.3 Å². The molecule has 7 nitrogen and oxygen atoms in total. The van der Waals surface area contributed by atoms with E-state index in [0.717, 1.165) is 11.3 Å². The van der Waals surface area contributed by atoms with Crippen LogP contribution in [0.3, 0.4) is 0 Å². The Morgan fingerprint density at radius 1 is 1.00 bits per heavy atom. The van der Waals surface area contributed by atoms with Gasteiger partial charge in [0.05, 0.1) is 15.9 Å². The Labute approximate surface area is 167 Å². The van der Waals surface area contributed by atoms with E-state index in [1.807, 2.05) is 35.0 Å². The van der Waals surface area contributed by atoms with E-state index in [1.54, 1.807) is 12.1 Å². The van der Waals surface area contributed by atoms with Crippen molar-refractivity contribution in [3.8, 4) is 0 Å². The molecule has 144 valence electrons. The molecule has 0 saturated carbocycles. The summed E-state index contributed by atoms with van der Waals surface area (Å²) >= 11 is 6.00. The molecule has 0 amide bonds. The maximum absolute atomic E-state index is 13.4. The van der Waals surface area contributed by atoms with Gasteiger partial charge in [-0.15, -0.1) is 0 Å². The smallest absolute Gasteiger partial charge is 0.269 e. The van der Waals surface area contributed by atoms with E-state index >= 15 is 0 Å². The van der Waals surface area contributed by atoms with E-state index in [0.29, 0.717) is 11.6 Å². The van der Waals surface area contributed by atoms with Gasteiger partial charge in [0.25, 0.3) is 5.69 Å². The number of benzene rings is 2. The molecule has 1 unspecified atom stereocenters. The van der Waals surface area contributed by atoms with E-state index in [9.17, 15) is 18.5 Å². The summed E-state index contributed by atoms with van der Waals surface area (Å²) in [5.41, 5.74) is 1.51. The first kappa shape index (κ1) is 18.7. The van der Waals surface area contributed by atoms with Crippen molar-refractivity contribution in [1.29, 1.82) is 0 Å². The van der Waals surface area contributed by atoms with Crippen LogP contribution in [0.25, 0.3) is 0 Å². The quantitative estimate of drug-likeness (QED) is 0.476. The van der Waals surface area contributed by atoms with E-state index < -0.39 is 21.0 Å². The molecule has 2 heterocycles. The first-order valence-corrected chi connectivity index (χ1v) is 10.4. The van der Waals surface area contributed by atoms with Crippen molar-refractivity contribution in [1.82, 2.24) is 8.87 Å². The van der Waals surface area contributed by atoms with Crippen molar-refractivity contribution in [2.45, 2.75) is 17.5 Å². The van der Waals surface area contributed by atoms with Crippen LogP contribution in [0.5, 0.6) is 0 Å². The third-order valence-corrected chi connectivity index (χ3v) is 6.96. The summed E-state index contributed by atoms with van der Waals surface area (Å²) in [7, 11) is -3.87. The molecule has 0 N–H and O–H groups in total. The van der Waals surface area contributed by atoms with Crippen LogP contribution >= 0.6 is 11.6 Å². The Hall–Kier alpha value is -2.68. The second-order valence-electron chi connectivity index (χ2n) is 6.45. The molecule has 0 bridgehead atoms. The predicted molar refractivity (Wildman–Crippen MR) is 105 cm³/mol. The zero-order valence-electron chi connectivity index (χ0n) is 14.6. The average molecular weight is 418 g/mol. The molecule has 1 aliphatic rings. The molecule has 0 aliphatic carbocycles. The highest BCUT2D eigenvalue weighted by atomic mass is 35.5. The molecule has 0 spiro atoms. The maximum atomic E-state index is 13.4. The number of nitro groups is 1. The van der Waals surface area contributed by atoms with Crippen LogP contribution in [0.15, 0.2) is 71.8 Å². The van der Waals surface area contributed by atoms with E-state index in [-0.39, 0.29) is 17.1 Å². The molecule has 0 saturated heterocycles. The molecule has 2 aromatic carbocycles. The topological polar surface area (TPSA) is 85.4 Å². The van der Waals surface area contributed by atoms with E-state index in [4.69, 9.17) is 11.6 Å². The van der Waals surface area contributed by atoms with Gasteiger partial charge in [0, 0.05) is 42.1 Å². The summed E-state index contributed by atoms with van der Waals surface area (Å²) in [5, 5.41) is 11.4. The van der Waals surface area contributed by atoms with E-state index in [2.05, 4.69) is 0 Å². The van der Waals surface area contributed by atoms with Gasteiger partial charge in [-0.3, -0.25) is 10.1 Å². The first-order chi connectivity index (χ1) is 13.4. The second kappa shape index (κ2) is 7.05. The van der Waals surface area contributed by atoms with Crippen LogP contribution in [0.4, 0.5) is 5.69 Å². The monoisotopic (exact) mass is 417 g/mol. The minimum absolute atomic E-state index is 0.0251. The van der Waals surface area contributed by atoms with Crippen molar-refractivity contribution in [3.05, 3.63) is 93.3 Å². The van der Waals surface area contributed by atoms with Gasteiger partial charge >= 0.3 is 0 Å². The molecular weight excluding hydrogens is 402 g/mol. The Kier molecular flexibility index (Phi) is 4.70. The number of aromatic nitrogens is 1. The Balaban J connectivity index is 1.80. The fourth-order valence-corrected chi connectivity index (χ4v) is 5.18. The number of hydrogen-bond acceptors (Lipinski definition) is 4. The third kappa shape index (κ3) is 3.19. The van der Waals surface area contributed by atoms with Crippen molar-refractivity contribution in [2.24, 2.45) is 0 Å². The standard InChI is InChI=1S/C19H16ClN3O4S/c20-15-5-3-14(4-6-15)19-18-2-1-11-21(18)12-13-22(19)28(26,27)17-9-7-16(8-10-17)23(24)25/h1-11,19H,12-13H2. The van der Waals surface area contributed by atoms with Crippen LogP contribution in [-0.2, 0) is 16.6 Å². The largest absolute Gasteiger partial charge is 0.348 e. The molecule has 0 fully saturated rings. The number of fused-ring (bicyclic) bond motifs is 1. The molecule has 3 aromatic rings. The third-order valence-electron chi connectivity index (χ3n) is 4.83. The number of halogens is 1. The lowest BCUT2D eigenvalue weighted by atomic mass is 10.0. The van der Waals surface area contributed by atoms with Gasteiger partial charge < -0.3 is 4.57 Å². The normalized spacial score (nSPS) is 17.2. The summed E-state index contributed by atoms with van der Waals surface area (Å²) in [6, 6.07) is 15.3. The summed E-state index contributed by atoms with van der Waals surface area (Å²) in [4.78, 5) is 10.3. The molecule has 4 rings (SSSR count). The maximum Gasteiger partial charge on any atom is 0.269 e. The van der Waals surface area contributed by atoms with Crippen molar-refractivity contribution >= 4 is 27.3 Å². The average Bonchev–Trinajstić information content (AvgIpc) is 3.17. The van der Waals surface area contributed by atoms with Gasteiger partial charge in [0.15, 0.2) is 0 Å². The summed E-state index contributed by atoms with van der Waals surface area (Å²) in [5.74, 6) is 0. The van der Waals surface area contributed by atoms with Gasteiger partial charge in [0.2, 0.25) is 10.0 Å². The molecule has 28 heavy (non-hydrogen) atoms. The summed E-state index contributed by atoms with van der Waals surface area (Å²) in [6.07, 6.45) is 1.92. The highest BCUT2D eigenvalue weighted by molar-refractivity contribution is 7.89.